The smallest absolute Gasteiger partial charge is 0.269 e. The molecule has 1 fully saturated rings. The highest BCUT2D eigenvalue weighted by molar-refractivity contribution is 5.33. The molecule has 2 rings (SSSR count). The highest BCUT2D eigenvalue weighted by atomic mass is 16.7. The predicted octanol–water partition coefficient (Wildman–Crippen LogP) is 1.64. The third-order valence-electron chi connectivity index (χ3n) is 2.00. The average molecular weight is 195 g/mol. The third kappa shape index (κ3) is 1.73. The Morgan fingerprint density at radius 1 is 1.21 bits per heavy atom. The fraction of sp³-hybridized carbons (Fsp3) is 0.333. The van der Waals surface area contributed by atoms with Crippen molar-refractivity contribution in [2.45, 2.75) is 6.29 Å². The van der Waals surface area contributed by atoms with Crippen LogP contribution in [0, 0.1) is 10.1 Å². The highest BCUT2D eigenvalue weighted by Gasteiger charge is 2.18. The van der Waals surface area contributed by atoms with Gasteiger partial charge in [0.05, 0.1) is 18.1 Å². The summed E-state index contributed by atoms with van der Waals surface area (Å²) < 4.78 is 10.5. The second-order valence-corrected chi connectivity index (χ2v) is 2.92. The number of nitro groups is 1. The lowest BCUT2D eigenvalue weighted by Crippen LogP contribution is -1.97. The highest BCUT2D eigenvalue weighted by Crippen LogP contribution is 2.24. The molecule has 74 valence electrons. The van der Waals surface area contributed by atoms with Gasteiger partial charge < -0.3 is 9.47 Å². The van der Waals surface area contributed by atoms with Gasteiger partial charge >= 0.3 is 0 Å². The summed E-state index contributed by atoms with van der Waals surface area (Å²) in [5.41, 5.74) is 0.889. The largest absolute Gasteiger partial charge is 0.346 e. The lowest BCUT2D eigenvalue weighted by Gasteiger charge is -2.07. The number of hydrogen-bond acceptors (Lipinski definition) is 4. The summed E-state index contributed by atoms with van der Waals surface area (Å²) in [6.07, 6.45) is -0.365. The van der Waals surface area contributed by atoms with Gasteiger partial charge in [-0.25, -0.2) is 0 Å². The molecule has 0 aliphatic carbocycles. The second-order valence-electron chi connectivity index (χ2n) is 2.92. The molecular formula is C9H9NO4. The minimum atomic E-state index is -0.430. The second kappa shape index (κ2) is 3.73. The van der Waals surface area contributed by atoms with Crippen molar-refractivity contribution in [2.75, 3.05) is 13.2 Å². The number of nitrogens with zero attached hydrogens (tertiary/aromatic N) is 1. The zero-order chi connectivity index (χ0) is 9.97. The molecule has 0 spiro atoms. The van der Waals surface area contributed by atoms with Gasteiger partial charge in [-0.15, -0.1) is 0 Å². The van der Waals surface area contributed by atoms with Crippen molar-refractivity contribution in [2.24, 2.45) is 0 Å². The molecule has 0 amide bonds. The monoisotopic (exact) mass is 195 g/mol. The summed E-state index contributed by atoms with van der Waals surface area (Å²) in [5, 5.41) is 10.4. The Bertz CT molecular complexity index is 329. The summed E-state index contributed by atoms with van der Waals surface area (Å²) in [6.45, 7) is 1.14. The predicted molar refractivity (Wildman–Crippen MR) is 47.7 cm³/mol. The Balaban J connectivity index is 2.16. The number of rotatable bonds is 2. The topological polar surface area (TPSA) is 61.6 Å². The molecule has 0 radical (unpaired) electrons. The van der Waals surface area contributed by atoms with E-state index in [-0.39, 0.29) is 12.0 Å². The zero-order valence-corrected chi connectivity index (χ0v) is 7.38. The van der Waals surface area contributed by atoms with Crippen LogP contribution in [-0.2, 0) is 9.47 Å². The SMILES string of the molecule is O=[N+]([O-])c1ccc(C2OCCO2)cc1. The Kier molecular flexibility index (Phi) is 2.43. The Morgan fingerprint density at radius 2 is 1.79 bits per heavy atom. The molecule has 0 saturated carbocycles. The maximum atomic E-state index is 10.4. The number of non-ortho nitro benzene ring substituents is 1. The number of benzene rings is 1. The first kappa shape index (κ1) is 9.11. The van der Waals surface area contributed by atoms with Crippen molar-refractivity contribution in [3.8, 4) is 0 Å². The van der Waals surface area contributed by atoms with Gasteiger partial charge in [0, 0.05) is 17.7 Å². The van der Waals surface area contributed by atoms with E-state index in [4.69, 9.17) is 9.47 Å². The van der Waals surface area contributed by atoms with Gasteiger partial charge in [-0.05, 0) is 12.1 Å². The van der Waals surface area contributed by atoms with Crippen LogP contribution in [-0.4, -0.2) is 18.1 Å². The molecule has 0 atom stereocenters. The Morgan fingerprint density at radius 3 is 2.29 bits per heavy atom. The van der Waals surface area contributed by atoms with Crippen LogP contribution in [0.5, 0.6) is 0 Å². The van der Waals surface area contributed by atoms with Crippen molar-refractivity contribution in [3.05, 3.63) is 39.9 Å². The molecule has 0 aromatic heterocycles. The molecule has 1 aliphatic rings. The summed E-state index contributed by atoms with van der Waals surface area (Å²) in [7, 11) is 0. The first-order valence-electron chi connectivity index (χ1n) is 4.25. The van der Waals surface area contributed by atoms with E-state index in [9.17, 15) is 10.1 Å². The molecule has 14 heavy (non-hydrogen) atoms. The summed E-state index contributed by atoms with van der Waals surface area (Å²) in [5.74, 6) is 0. The van der Waals surface area contributed by atoms with Crippen molar-refractivity contribution >= 4 is 5.69 Å². The van der Waals surface area contributed by atoms with Crippen molar-refractivity contribution < 1.29 is 14.4 Å². The lowest BCUT2D eigenvalue weighted by molar-refractivity contribution is -0.384. The van der Waals surface area contributed by atoms with Gasteiger partial charge in [-0.2, -0.15) is 0 Å². The first-order valence-corrected chi connectivity index (χ1v) is 4.25. The standard InChI is InChI=1S/C9H9NO4/c11-10(12)8-3-1-7(2-4-8)9-13-5-6-14-9/h1-4,9H,5-6H2. The zero-order valence-electron chi connectivity index (χ0n) is 7.38. The maximum Gasteiger partial charge on any atom is 0.269 e. The molecule has 0 N–H and O–H groups in total. The van der Waals surface area contributed by atoms with E-state index in [1.54, 1.807) is 12.1 Å². The van der Waals surface area contributed by atoms with Crippen molar-refractivity contribution in [1.82, 2.24) is 0 Å². The van der Waals surface area contributed by atoms with Crippen LogP contribution in [0.4, 0.5) is 5.69 Å². The molecular weight excluding hydrogens is 186 g/mol. The van der Waals surface area contributed by atoms with Crippen LogP contribution in [0.2, 0.25) is 0 Å². The molecule has 1 heterocycles. The molecule has 1 aromatic carbocycles. The Hall–Kier alpha value is -1.46. The van der Waals surface area contributed by atoms with Gasteiger partial charge in [0.25, 0.3) is 5.69 Å². The van der Waals surface area contributed by atoms with Crippen molar-refractivity contribution in [1.29, 1.82) is 0 Å². The molecule has 0 unspecified atom stereocenters. The average Bonchev–Trinajstić information content (AvgIpc) is 2.71. The summed E-state index contributed by atoms with van der Waals surface area (Å²) in [6, 6.07) is 6.18. The van der Waals surface area contributed by atoms with Crippen molar-refractivity contribution in [3.63, 3.8) is 0 Å². The van der Waals surface area contributed by atoms with E-state index in [0.717, 1.165) is 5.56 Å². The Labute approximate surface area is 80.4 Å². The fourth-order valence-electron chi connectivity index (χ4n) is 1.30. The molecule has 1 saturated heterocycles. The maximum absolute atomic E-state index is 10.4. The van der Waals surface area contributed by atoms with Gasteiger partial charge in [-0.1, -0.05) is 0 Å². The fourth-order valence-corrected chi connectivity index (χ4v) is 1.30. The van der Waals surface area contributed by atoms with E-state index in [0.29, 0.717) is 13.2 Å². The van der Waals surface area contributed by atoms with E-state index in [1.807, 2.05) is 0 Å². The molecule has 5 heteroatoms. The van der Waals surface area contributed by atoms with Gasteiger partial charge in [-0.3, -0.25) is 10.1 Å². The van der Waals surface area contributed by atoms with Gasteiger partial charge in [0.15, 0.2) is 6.29 Å². The minimum Gasteiger partial charge on any atom is -0.346 e. The van der Waals surface area contributed by atoms with Gasteiger partial charge in [0.1, 0.15) is 0 Å². The van der Waals surface area contributed by atoms with Crippen LogP contribution in [0.1, 0.15) is 11.9 Å². The van der Waals surface area contributed by atoms with E-state index in [1.165, 1.54) is 12.1 Å². The van der Waals surface area contributed by atoms with Gasteiger partial charge in [0.2, 0.25) is 0 Å². The molecule has 0 bridgehead atoms. The molecule has 5 nitrogen and oxygen atoms in total. The van der Waals surface area contributed by atoms with E-state index < -0.39 is 4.92 Å². The summed E-state index contributed by atoms with van der Waals surface area (Å²) in [4.78, 5) is 9.95. The quantitative estimate of drug-likeness (QED) is 0.531. The number of nitro benzene ring substituents is 1. The normalized spacial score (nSPS) is 17.1. The minimum absolute atomic E-state index is 0.0757. The lowest BCUT2D eigenvalue weighted by atomic mass is 10.2. The molecule has 1 aromatic rings. The van der Waals surface area contributed by atoms with E-state index in [2.05, 4.69) is 0 Å². The van der Waals surface area contributed by atoms with E-state index >= 15 is 0 Å². The number of hydrogen-bond donors (Lipinski definition) is 0. The van der Waals surface area contributed by atoms with Crippen LogP contribution in [0.3, 0.4) is 0 Å². The number of ether oxygens (including phenoxy) is 2. The van der Waals surface area contributed by atoms with Crippen LogP contribution >= 0.6 is 0 Å². The first-order chi connectivity index (χ1) is 6.77. The van der Waals surface area contributed by atoms with Crippen LogP contribution in [0.25, 0.3) is 0 Å². The molecule has 1 aliphatic heterocycles. The third-order valence-corrected chi connectivity index (χ3v) is 2.00. The van der Waals surface area contributed by atoms with Crippen LogP contribution < -0.4 is 0 Å². The summed E-state index contributed by atoms with van der Waals surface area (Å²) >= 11 is 0. The van der Waals surface area contributed by atoms with Crippen LogP contribution in [0.15, 0.2) is 24.3 Å².